The fourth-order valence-corrected chi connectivity index (χ4v) is 0.664. The van der Waals surface area contributed by atoms with Gasteiger partial charge in [-0.25, -0.2) is 0 Å². The van der Waals surface area contributed by atoms with Gasteiger partial charge in [-0.1, -0.05) is 13.0 Å². The number of methoxy groups -OCH3 is 1. The molecule has 0 aromatic rings. The molecule has 0 amide bonds. The van der Waals surface area contributed by atoms with Gasteiger partial charge in [0.05, 0.1) is 19.1 Å². The third-order valence-electron chi connectivity index (χ3n) is 1.67. The van der Waals surface area contributed by atoms with E-state index >= 15 is 0 Å². The van der Waals surface area contributed by atoms with Crippen molar-refractivity contribution in [3.63, 3.8) is 0 Å². The van der Waals surface area contributed by atoms with Crippen LogP contribution in [0.4, 0.5) is 0 Å². The summed E-state index contributed by atoms with van der Waals surface area (Å²) >= 11 is 0. The van der Waals surface area contributed by atoms with Gasteiger partial charge in [-0.05, 0) is 6.42 Å². The first-order valence-electron chi connectivity index (χ1n) is 3.50. The number of rotatable bonds is 4. The van der Waals surface area contributed by atoms with E-state index in [0.717, 1.165) is 0 Å². The van der Waals surface area contributed by atoms with Crippen LogP contribution in [0.1, 0.15) is 19.8 Å². The zero-order valence-electron chi connectivity index (χ0n) is 6.96. The number of carbonyl (C=O) groups excluding carboxylic acids is 1. The average molecular weight is 158 g/mol. The third-order valence-corrected chi connectivity index (χ3v) is 1.67. The second-order valence-corrected chi connectivity index (χ2v) is 2.41. The van der Waals surface area contributed by atoms with E-state index in [-0.39, 0.29) is 6.42 Å². The van der Waals surface area contributed by atoms with E-state index in [9.17, 15) is 9.90 Å². The van der Waals surface area contributed by atoms with Gasteiger partial charge in [-0.15, -0.1) is 6.58 Å². The molecule has 1 unspecified atom stereocenters. The maximum Gasteiger partial charge on any atom is 0.308 e. The maximum absolute atomic E-state index is 10.7. The van der Waals surface area contributed by atoms with Crippen molar-refractivity contribution in [1.82, 2.24) is 0 Å². The number of aliphatic hydroxyl groups is 1. The molecule has 11 heavy (non-hydrogen) atoms. The molecule has 0 aliphatic carbocycles. The van der Waals surface area contributed by atoms with E-state index in [1.807, 2.05) is 0 Å². The molecular weight excluding hydrogens is 144 g/mol. The summed E-state index contributed by atoms with van der Waals surface area (Å²) in [6.07, 6.45) is 1.80. The summed E-state index contributed by atoms with van der Waals surface area (Å²) in [5.41, 5.74) is -1.10. The van der Waals surface area contributed by atoms with Crippen LogP contribution in [0.2, 0.25) is 0 Å². The lowest BCUT2D eigenvalue weighted by Gasteiger charge is -2.20. The van der Waals surface area contributed by atoms with Crippen molar-refractivity contribution < 1.29 is 14.6 Å². The molecule has 0 aliphatic heterocycles. The molecule has 0 aromatic heterocycles. The summed E-state index contributed by atoms with van der Waals surface area (Å²) in [5.74, 6) is -0.422. The Bertz CT molecular complexity index is 153. The van der Waals surface area contributed by atoms with Crippen molar-refractivity contribution in [1.29, 1.82) is 0 Å². The molecule has 0 spiro atoms. The topological polar surface area (TPSA) is 46.5 Å². The highest BCUT2D eigenvalue weighted by atomic mass is 16.5. The van der Waals surface area contributed by atoms with Gasteiger partial charge in [0, 0.05) is 0 Å². The monoisotopic (exact) mass is 158 g/mol. The van der Waals surface area contributed by atoms with Crippen molar-refractivity contribution in [2.45, 2.75) is 25.4 Å². The molecular formula is C8H14O3. The molecule has 64 valence electrons. The first kappa shape index (κ1) is 10.2. The van der Waals surface area contributed by atoms with E-state index in [4.69, 9.17) is 0 Å². The number of hydrogen-bond acceptors (Lipinski definition) is 3. The van der Waals surface area contributed by atoms with Crippen molar-refractivity contribution in [3.05, 3.63) is 12.7 Å². The van der Waals surface area contributed by atoms with E-state index in [1.54, 1.807) is 6.92 Å². The van der Waals surface area contributed by atoms with Crippen LogP contribution < -0.4 is 0 Å². The normalized spacial score (nSPS) is 15.2. The standard InChI is InChI=1S/C8H14O3/c1-4-8(10,5-2)6-7(9)11-3/h4,10H,1,5-6H2,2-3H3. The lowest BCUT2D eigenvalue weighted by Crippen LogP contribution is -2.28. The predicted molar refractivity (Wildman–Crippen MR) is 42.1 cm³/mol. The summed E-state index contributed by atoms with van der Waals surface area (Å²) in [7, 11) is 1.29. The van der Waals surface area contributed by atoms with Gasteiger partial charge < -0.3 is 9.84 Å². The second kappa shape index (κ2) is 4.13. The van der Waals surface area contributed by atoms with E-state index in [1.165, 1.54) is 13.2 Å². The molecule has 0 radical (unpaired) electrons. The number of esters is 1. The van der Waals surface area contributed by atoms with Gasteiger partial charge >= 0.3 is 5.97 Å². The number of ether oxygens (including phenoxy) is 1. The molecule has 0 aliphatic rings. The number of carbonyl (C=O) groups is 1. The molecule has 0 bridgehead atoms. The highest BCUT2D eigenvalue weighted by molar-refractivity contribution is 5.70. The molecule has 3 heteroatoms. The van der Waals surface area contributed by atoms with Crippen molar-refractivity contribution in [2.75, 3.05) is 7.11 Å². The highest BCUT2D eigenvalue weighted by Crippen LogP contribution is 2.16. The fourth-order valence-electron chi connectivity index (χ4n) is 0.664. The van der Waals surface area contributed by atoms with E-state index < -0.39 is 11.6 Å². The lowest BCUT2D eigenvalue weighted by molar-refractivity contribution is -0.144. The second-order valence-electron chi connectivity index (χ2n) is 2.41. The first-order valence-corrected chi connectivity index (χ1v) is 3.50. The Balaban J connectivity index is 4.07. The zero-order valence-corrected chi connectivity index (χ0v) is 6.96. The molecule has 0 rings (SSSR count). The fraction of sp³-hybridized carbons (Fsp3) is 0.625. The van der Waals surface area contributed by atoms with Crippen LogP contribution in [0.25, 0.3) is 0 Å². The van der Waals surface area contributed by atoms with Crippen LogP contribution in [0.3, 0.4) is 0 Å². The molecule has 0 aromatic carbocycles. The minimum Gasteiger partial charge on any atom is -0.469 e. The summed E-state index contributed by atoms with van der Waals surface area (Å²) in [6.45, 7) is 5.22. The molecule has 0 saturated heterocycles. The van der Waals surface area contributed by atoms with Crippen molar-refractivity contribution in [3.8, 4) is 0 Å². The highest BCUT2D eigenvalue weighted by Gasteiger charge is 2.24. The van der Waals surface area contributed by atoms with Gasteiger partial charge in [-0.3, -0.25) is 4.79 Å². The minimum absolute atomic E-state index is 0.0243. The Morgan fingerprint density at radius 1 is 1.82 bits per heavy atom. The average Bonchev–Trinajstić information content (AvgIpc) is 2.04. The van der Waals surface area contributed by atoms with Crippen LogP contribution in [0.5, 0.6) is 0 Å². The van der Waals surface area contributed by atoms with Crippen molar-refractivity contribution >= 4 is 5.97 Å². The molecule has 1 atom stereocenters. The van der Waals surface area contributed by atoms with Crippen LogP contribution in [0.15, 0.2) is 12.7 Å². The zero-order chi connectivity index (χ0) is 8.91. The molecule has 0 saturated carbocycles. The van der Waals surface area contributed by atoms with Gasteiger partial charge in [0.25, 0.3) is 0 Å². The Hall–Kier alpha value is -0.830. The molecule has 1 N–H and O–H groups in total. The van der Waals surface area contributed by atoms with E-state index in [0.29, 0.717) is 6.42 Å². The summed E-state index contributed by atoms with van der Waals surface area (Å²) in [6, 6.07) is 0. The van der Waals surface area contributed by atoms with Gasteiger partial charge in [0.1, 0.15) is 0 Å². The van der Waals surface area contributed by atoms with Crippen LogP contribution in [-0.4, -0.2) is 23.8 Å². The first-order chi connectivity index (χ1) is 5.08. The smallest absolute Gasteiger partial charge is 0.308 e. The maximum atomic E-state index is 10.7. The minimum atomic E-state index is -1.10. The Labute approximate surface area is 66.7 Å². The van der Waals surface area contributed by atoms with Crippen LogP contribution >= 0.6 is 0 Å². The largest absolute Gasteiger partial charge is 0.469 e. The Kier molecular flexibility index (Phi) is 3.82. The van der Waals surface area contributed by atoms with E-state index in [2.05, 4.69) is 11.3 Å². The molecule has 0 heterocycles. The molecule has 3 nitrogen and oxygen atoms in total. The Morgan fingerprint density at radius 3 is 2.64 bits per heavy atom. The SMILES string of the molecule is C=CC(O)(CC)CC(=O)OC. The van der Waals surface area contributed by atoms with Crippen LogP contribution in [0, 0.1) is 0 Å². The summed E-state index contributed by atoms with van der Waals surface area (Å²) in [5, 5.41) is 9.51. The summed E-state index contributed by atoms with van der Waals surface area (Å²) in [4.78, 5) is 10.7. The lowest BCUT2D eigenvalue weighted by atomic mass is 9.97. The van der Waals surface area contributed by atoms with Gasteiger partial charge in [-0.2, -0.15) is 0 Å². The van der Waals surface area contributed by atoms with Crippen molar-refractivity contribution in [2.24, 2.45) is 0 Å². The van der Waals surface area contributed by atoms with Gasteiger partial charge in [0.15, 0.2) is 0 Å². The number of hydrogen-bond donors (Lipinski definition) is 1. The van der Waals surface area contributed by atoms with Crippen LogP contribution in [-0.2, 0) is 9.53 Å². The third kappa shape index (κ3) is 3.18. The van der Waals surface area contributed by atoms with Gasteiger partial charge in [0.2, 0.25) is 0 Å². The predicted octanol–water partition coefficient (Wildman–Crippen LogP) is 0.877. The Morgan fingerprint density at radius 2 is 2.36 bits per heavy atom. The molecule has 0 fully saturated rings. The quantitative estimate of drug-likeness (QED) is 0.488. The summed E-state index contributed by atoms with van der Waals surface area (Å²) < 4.78 is 4.40.